The van der Waals surface area contributed by atoms with E-state index in [0.29, 0.717) is 13.1 Å². The van der Waals surface area contributed by atoms with Crippen LogP contribution in [0, 0.1) is 13.8 Å². The SMILES string of the molecule is Cc1ccc(O[C@H](C)C(=O)N(Cc2ccccc2)Cc2ccccc2)cc1C. The molecule has 3 aromatic carbocycles. The van der Waals surface area contributed by atoms with Gasteiger partial charge in [0.15, 0.2) is 6.10 Å². The van der Waals surface area contributed by atoms with Gasteiger partial charge in [0.1, 0.15) is 5.75 Å². The number of carbonyl (C=O) groups excluding carboxylic acids is 1. The van der Waals surface area contributed by atoms with Crippen molar-refractivity contribution in [2.45, 2.75) is 40.0 Å². The van der Waals surface area contributed by atoms with E-state index in [9.17, 15) is 4.79 Å². The fourth-order valence-electron chi connectivity index (χ4n) is 3.12. The fraction of sp³-hybridized carbons (Fsp3) is 0.240. The third-order valence-electron chi connectivity index (χ3n) is 4.88. The maximum absolute atomic E-state index is 13.2. The molecule has 1 amide bonds. The molecule has 0 heterocycles. The first-order chi connectivity index (χ1) is 13.5. The molecule has 3 aromatic rings. The van der Waals surface area contributed by atoms with Crippen molar-refractivity contribution in [2.24, 2.45) is 0 Å². The van der Waals surface area contributed by atoms with Crippen LogP contribution in [0.3, 0.4) is 0 Å². The minimum absolute atomic E-state index is 0.0223. The van der Waals surface area contributed by atoms with Gasteiger partial charge in [0, 0.05) is 13.1 Å². The molecule has 0 bridgehead atoms. The van der Waals surface area contributed by atoms with Crippen LogP contribution in [-0.2, 0) is 17.9 Å². The molecule has 0 aliphatic rings. The summed E-state index contributed by atoms with van der Waals surface area (Å²) in [6.45, 7) is 7.03. The lowest BCUT2D eigenvalue weighted by atomic mass is 10.1. The van der Waals surface area contributed by atoms with E-state index in [-0.39, 0.29) is 5.91 Å². The fourth-order valence-corrected chi connectivity index (χ4v) is 3.12. The second-order valence-electron chi connectivity index (χ2n) is 7.17. The Labute approximate surface area is 167 Å². The second kappa shape index (κ2) is 9.23. The zero-order valence-electron chi connectivity index (χ0n) is 16.8. The van der Waals surface area contributed by atoms with Crippen LogP contribution in [0.25, 0.3) is 0 Å². The number of rotatable bonds is 7. The smallest absolute Gasteiger partial charge is 0.263 e. The highest BCUT2D eigenvalue weighted by Crippen LogP contribution is 2.19. The van der Waals surface area contributed by atoms with Gasteiger partial charge in [0.25, 0.3) is 5.91 Å². The summed E-state index contributed by atoms with van der Waals surface area (Å²) in [5, 5.41) is 0. The van der Waals surface area contributed by atoms with Gasteiger partial charge in [-0.1, -0.05) is 66.7 Å². The summed E-state index contributed by atoms with van der Waals surface area (Å²) in [6.07, 6.45) is -0.561. The number of hydrogen-bond donors (Lipinski definition) is 0. The second-order valence-corrected chi connectivity index (χ2v) is 7.17. The Kier molecular flexibility index (Phi) is 6.49. The molecular formula is C25H27NO2. The van der Waals surface area contributed by atoms with Crippen molar-refractivity contribution in [3.05, 3.63) is 101 Å². The summed E-state index contributed by atoms with van der Waals surface area (Å²) in [7, 11) is 0. The van der Waals surface area contributed by atoms with E-state index in [1.165, 1.54) is 5.56 Å². The van der Waals surface area contributed by atoms with Crippen LogP contribution < -0.4 is 4.74 Å². The third-order valence-corrected chi connectivity index (χ3v) is 4.88. The normalized spacial score (nSPS) is 11.7. The number of aryl methyl sites for hydroxylation is 2. The Bertz CT molecular complexity index is 865. The molecule has 0 radical (unpaired) electrons. The molecule has 3 rings (SSSR count). The van der Waals surface area contributed by atoms with Gasteiger partial charge >= 0.3 is 0 Å². The molecule has 0 unspecified atom stereocenters. The molecule has 0 N–H and O–H groups in total. The molecule has 0 aromatic heterocycles. The van der Waals surface area contributed by atoms with E-state index in [4.69, 9.17) is 4.74 Å². The Balaban J connectivity index is 1.77. The van der Waals surface area contributed by atoms with Crippen molar-refractivity contribution in [1.82, 2.24) is 4.90 Å². The summed E-state index contributed by atoms with van der Waals surface area (Å²) in [5.41, 5.74) is 4.57. The predicted molar refractivity (Wildman–Crippen MR) is 113 cm³/mol. The van der Waals surface area contributed by atoms with Gasteiger partial charge in [-0.15, -0.1) is 0 Å². The molecule has 0 spiro atoms. The van der Waals surface area contributed by atoms with Crippen LogP contribution in [0.4, 0.5) is 0 Å². The van der Waals surface area contributed by atoms with Crippen molar-refractivity contribution in [3.8, 4) is 5.75 Å². The number of ether oxygens (including phenoxy) is 1. The molecule has 3 heteroatoms. The van der Waals surface area contributed by atoms with Crippen molar-refractivity contribution >= 4 is 5.91 Å². The third kappa shape index (κ3) is 5.23. The Morgan fingerprint density at radius 2 is 1.36 bits per heavy atom. The lowest BCUT2D eigenvalue weighted by Crippen LogP contribution is -2.39. The van der Waals surface area contributed by atoms with Gasteiger partial charge < -0.3 is 9.64 Å². The average molecular weight is 373 g/mol. The van der Waals surface area contributed by atoms with Crippen LogP contribution in [0.1, 0.15) is 29.2 Å². The molecular weight excluding hydrogens is 346 g/mol. The lowest BCUT2D eigenvalue weighted by Gasteiger charge is -2.26. The van der Waals surface area contributed by atoms with Crippen LogP contribution in [0.15, 0.2) is 78.9 Å². The molecule has 1 atom stereocenters. The van der Waals surface area contributed by atoms with Crippen molar-refractivity contribution in [3.63, 3.8) is 0 Å². The summed E-state index contributed by atoms with van der Waals surface area (Å²) in [5.74, 6) is 0.703. The van der Waals surface area contributed by atoms with E-state index < -0.39 is 6.10 Å². The highest BCUT2D eigenvalue weighted by molar-refractivity contribution is 5.81. The van der Waals surface area contributed by atoms with Crippen LogP contribution in [0.5, 0.6) is 5.75 Å². The predicted octanol–water partition coefficient (Wildman–Crippen LogP) is 5.30. The van der Waals surface area contributed by atoms with Crippen LogP contribution in [0.2, 0.25) is 0 Å². The largest absolute Gasteiger partial charge is 0.481 e. The number of nitrogens with zero attached hydrogens (tertiary/aromatic N) is 1. The van der Waals surface area contributed by atoms with Gasteiger partial charge in [-0.3, -0.25) is 4.79 Å². The monoisotopic (exact) mass is 373 g/mol. The Hall–Kier alpha value is -3.07. The molecule has 0 aliphatic carbocycles. The van der Waals surface area contributed by atoms with Crippen LogP contribution in [-0.4, -0.2) is 16.9 Å². The maximum Gasteiger partial charge on any atom is 0.263 e. The summed E-state index contributed by atoms with van der Waals surface area (Å²) in [4.78, 5) is 15.1. The lowest BCUT2D eigenvalue weighted by molar-refractivity contribution is -0.139. The number of benzene rings is 3. The minimum Gasteiger partial charge on any atom is -0.481 e. The van der Waals surface area contributed by atoms with Gasteiger partial charge in [0.05, 0.1) is 0 Å². The van der Waals surface area contributed by atoms with Crippen LogP contribution >= 0.6 is 0 Å². The van der Waals surface area contributed by atoms with E-state index in [1.807, 2.05) is 97.6 Å². The maximum atomic E-state index is 13.2. The average Bonchev–Trinajstić information content (AvgIpc) is 2.71. The molecule has 3 nitrogen and oxygen atoms in total. The summed E-state index contributed by atoms with van der Waals surface area (Å²) in [6, 6.07) is 26.0. The van der Waals surface area contributed by atoms with E-state index >= 15 is 0 Å². The van der Waals surface area contributed by atoms with E-state index in [0.717, 1.165) is 22.4 Å². The van der Waals surface area contributed by atoms with Crippen molar-refractivity contribution in [2.75, 3.05) is 0 Å². The first kappa shape index (κ1) is 19.7. The first-order valence-electron chi connectivity index (χ1n) is 9.63. The number of amides is 1. The minimum atomic E-state index is -0.561. The van der Waals surface area contributed by atoms with Gasteiger partial charge in [-0.05, 0) is 55.2 Å². The number of hydrogen-bond acceptors (Lipinski definition) is 2. The van der Waals surface area contributed by atoms with E-state index in [1.54, 1.807) is 0 Å². The first-order valence-corrected chi connectivity index (χ1v) is 9.63. The van der Waals surface area contributed by atoms with Gasteiger partial charge in [0.2, 0.25) is 0 Å². The topological polar surface area (TPSA) is 29.5 Å². The molecule has 0 saturated carbocycles. The molecule has 0 fully saturated rings. The summed E-state index contributed by atoms with van der Waals surface area (Å²) < 4.78 is 5.98. The molecule has 0 saturated heterocycles. The highest BCUT2D eigenvalue weighted by atomic mass is 16.5. The Morgan fingerprint density at radius 3 is 1.86 bits per heavy atom. The van der Waals surface area contributed by atoms with Gasteiger partial charge in [-0.2, -0.15) is 0 Å². The molecule has 144 valence electrons. The van der Waals surface area contributed by atoms with Crippen molar-refractivity contribution in [1.29, 1.82) is 0 Å². The standard InChI is InChI=1S/C25H27NO2/c1-19-14-15-24(16-20(19)2)28-21(3)25(27)26(17-22-10-6-4-7-11-22)18-23-12-8-5-9-13-23/h4-16,21H,17-18H2,1-3H3/t21-/m1/s1. The summed E-state index contributed by atoms with van der Waals surface area (Å²) >= 11 is 0. The highest BCUT2D eigenvalue weighted by Gasteiger charge is 2.23. The number of carbonyl (C=O) groups is 1. The van der Waals surface area contributed by atoms with Crippen molar-refractivity contribution < 1.29 is 9.53 Å². The molecule has 28 heavy (non-hydrogen) atoms. The Morgan fingerprint density at radius 1 is 0.821 bits per heavy atom. The quantitative estimate of drug-likeness (QED) is 0.562. The van der Waals surface area contributed by atoms with E-state index in [2.05, 4.69) is 6.92 Å². The zero-order chi connectivity index (χ0) is 19.9. The van der Waals surface area contributed by atoms with Gasteiger partial charge in [-0.25, -0.2) is 0 Å². The molecule has 0 aliphatic heterocycles. The zero-order valence-corrected chi connectivity index (χ0v) is 16.8.